The zero-order valence-corrected chi connectivity index (χ0v) is 13.4. The second-order valence-corrected chi connectivity index (χ2v) is 5.48. The molecule has 22 heavy (non-hydrogen) atoms. The van der Waals surface area contributed by atoms with Gasteiger partial charge in [-0.3, -0.25) is 4.79 Å². The Kier molecular flexibility index (Phi) is 4.96. The van der Waals surface area contributed by atoms with Crippen LogP contribution < -0.4 is 5.32 Å². The molecule has 2 rings (SSSR count). The van der Waals surface area contributed by atoms with Crippen molar-refractivity contribution in [3.63, 3.8) is 0 Å². The zero-order chi connectivity index (χ0) is 16.3. The predicted molar refractivity (Wildman–Crippen MR) is 85.0 cm³/mol. The van der Waals surface area contributed by atoms with Crippen LogP contribution in [0.3, 0.4) is 0 Å². The van der Waals surface area contributed by atoms with Crippen LogP contribution in [-0.2, 0) is 4.79 Å². The van der Waals surface area contributed by atoms with Gasteiger partial charge in [0.1, 0.15) is 5.82 Å². The van der Waals surface area contributed by atoms with E-state index in [0.717, 1.165) is 0 Å². The molecule has 2 aromatic rings. The van der Waals surface area contributed by atoms with Crippen molar-refractivity contribution in [2.45, 2.75) is 19.8 Å². The van der Waals surface area contributed by atoms with Crippen LogP contribution in [0, 0.1) is 25.2 Å². The van der Waals surface area contributed by atoms with Gasteiger partial charge in [0.05, 0.1) is 21.8 Å². The molecule has 0 aliphatic rings. The Morgan fingerprint density at radius 2 is 1.95 bits per heavy atom. The number of amides is 1. The molecule has 0 fully saturated rings. The number of benzene rings is 1. The quantitative estimate of drug-likeness (QED) is 0.929. The summed E-state index contributed by atoms with van der Waals surface area (Å²) in [5.74, 6) is -1.01. The third-order valence-electron chi connectivity index (χ3n) is 2.86. The molecule has 7 heteroatoms. The highest BCUT2D eigenvalue weighted by molar-refractivity contribution is 6.42. The van der Waals surface area contributed by atoms with E-state index < -0.39 is 11.8 Å². The number of carbonyl (C=O) groups excluding carboxylic acids is 1. The minimum absolute atomic E-state index is 0.321. The molecule has 0 unspecified atom stereocenters. The van der Waals surface area contributed by atoms with Gasteiger partial charge in [-0.1, -0.05) is 23.2 Å². The number of hydrogen-bond acceptors (Lipinski definition) is 4. The van der Waals surface area contributed by atoms with Crippen molar-refractivity contribution in [2.75, 3.05) is 5.32 Å². The zero-order valence-electron chi connectivity index (χ0n) is 11.9. The molecular formula is C15H12Cl2N4O. The first kappa shape index (κ1) is 16.2. The molecule has 0 radical (unpaired) electrons. The minimum atomic E-state index is -1.03. The first-order chi connectivity index (χ1) is 10.4. The van der Waals surface area contributed by atoms with Crippen molar-refractivity contribution in [1.29, 1.82) is 5.26 Å². The monoisotopic (exact) mass is 334 g/mol. The van der Waals surface area contributed by atoms with Crippen LogP contribution in [0.15, 0.2) is 24.3 Å². The van der Waals surface area contributed by atoms with Crippen molar-refractivity contribution < 1.29 is 4.79 Å². The largest absolute Gasteiger partial charge is 0.325 e. The second kappa shape index (κ2) is 6.73. The van der Waals surface area contributed by atoms with Gasteiger partial charge in [0.15, 0.2) is 5.92 Å². The smallest absolute Gasteiger partial charge is 0.247 e. The number of anilines is 1. The lowest BCUT2D eigenvalue weighted by molar-refractivity contribution is -0.116. The number of carbonyl (C=O) groups is 1. The van der Waals surface area contributed by atoms with Crippen LogP contribution in [0.25, 0.3) is 0 Å². The highest BCUT2D eigenvalue weighted by atomic mass is 35.5. The van der Waals surface area contributed by atoms with E-state index >= 15 is 0 Å². The standard InChI is InChI=1S/C15H12Cl2N4O/c1-8-5-14(20-9(2)19-8)11(7-18)15(22)21-10-3-4-12(16)13(17)6-10/h3-6,11H,1-2H3,(H,21,22)/t11-/m0/s1. The SMILES string of the molecule is Cc1cc([C@H](C#N)C(=O)Nc2ccc(Cl)c(Cl)c2)nc(C)n1. The molecule has 1 heterocycles. The van der Waals surface area contributed by atoms with E-state index in [4.69, 9.17) is 23.2 Å². The molecule has 5 nitrogen and oxygen atoms in total. The van der Waals surface area contributed by atoms with Gasteiger partial charge in [0.2, 0.25) is 5.91 Å². The number of hydrogen-bond donors (Lipinski definition) is 1. The fourth-order valence-electron chi connectivity index (χ4n) is 1.94. The molecule has 112 valence electrons. The summed E-state index contributed by atoms with van der Waals surface area (Å²) < 4.78 is 0. The summed E-state index contributed by atoms with van der Waals surface area (Å²) in [5, 5.41) is 12.6. The fraction of sp³-hybridized carbons (Fsp3) is 0.200. The molecule has 1 aromatic carbocycles. The lowest BCUT2D eigenvalue weighted by Gasteiger charge is -2.11. The average Bonchev–Trinajstić information content (AvgIpc) is 2.42. The van der Waals surface area contributed by atoms with Crippen molar-refractivity contribution in [1.82, 2.24) is 9.97 Å². The Labute approximate surface area is 137 Å². The molecule has 0 aliphatic carbocycles. The molecule has 0 bridgehead atoms. The van der Waals surface area contributed by atoms with Gasteiger partial charge in [0, 0.05) is 11.4 Å². The Hall–Kier alpha value is -2.16. The maximum absolute atomic E-state index is 12.3. The number of aromatic nitrogens is 2. The molecular weight excluding hydrogens is 323 g/mol. The topological polar surface area (TPSA) is 78.7 Å². The number of aryl methyl sites for hydroxylation is 2. The molecule has 0 spiro atoms. The summed E-state index contributed by atoms with van der Waals surface area (Å²) in [5.41, 5.74) is 1.53. The fourth-order valence-corrected chi connectivity index (χ4v) is 2.24. The average molecular weight is 335 g/mol. The summed E-state index contributed by atoms with van der Waals surface area (Å²) >= 11 is 11.7. The number of nitriles is 1. The summed E-state index contributed by atoms with van der Waals surface area (Å²) in [7, 11) is 0. The summed E-state index contributed by atoms with van der Waals surface area (Å²) in [6.45, 7) is 3.49. The molecule has 0 saturated carbocycles. The lowest BCUT2D eigenvalue weighted by atomic mass is 10.1. The summed E-state index contributed by atoms with van der Waals surface area (Å²) in [6.07, 6.45) is 0. The van der Waals surface area contributed by atoms with Gasteiger partial charge < -0.3 is 5.32 Å². The third-order valence-corrected chi connectivity index (χ3v) is 3.60. The van der Waals surface area contributed by atoms with Gasteiger partial charge in [0.25, 0.3) is 0 Å². The van der Waals surface area contributed by atoms with Crippen molar-refractivity contribution in [3.8, 4) is 6.07 Å². The van der Waals surface area contributed by atoms with Gasteiger partial charge in [-0.05, 0) is 38.1 Å². The van der Waals surface area contributed by atoms with E-state index in [1.807, 2.05) is 6.07 Å². The van der Waals surface area contributed by atoms with Crippen LogP contribution in [0.1, 0.15) is 23.1 Å². The summed E-state index contributed by atoms with van der Waals surface area (Å²) in [6, 6.07) is 8.28. The van der Waals surface area contributed by atoms with Crippen LogP contribution in [0.5, 0.6) is 0 Å². The van der Waals surface area contributed by atoms with Crippen LogP contribution in [-0.4, -0.2) is 15.9 Å². The van der Waals surface area contributed by atoms with Crippen molar-refractivity contribution >= 4 is 34.8 Å². The lowest BCUT2D eigenvalue weighted by Crippen LogP contribution is -2.21. The maximum atomic E-state index is 12.3. The normalized spacial score (nSPS) is 11.6. The highest BCUT2D eigenvalue weighted by Crippen LogP contribution is 2.26. The molecule has 1 amide bonds. The Balaban J connectivity index is 2.25. The van der Waals surface area contributed by atoms with Gasteiger partial charge in [-0.2, -0.15) is 5.26 Å². The molecule has 1 aromatic heterocycles. The Morgan fingerprint density at radius 1 is 1.23 bits per heavy atom. The number of nitrogens with zero attached hydrogens (tertiary/aromatic N) is 3. The predicted octanol–water partition coefficient (Wildman–Crippen LogP) is 3.65. The number of nitrogens with one attached hydrogen (secondary N) is 1. The number of rotatable bonds is 3. The van der Waals surface area contributed by atoms with Gasteiger partial charge in [-0.25, -0.2) is 9.97 Å². The minimum Gasteiger partial charge on any atom is -0.325 e. The van der Waals surface area contributed by atoms with Gasteiger partial charge in [-0.15, -0.1) is 0 Å². The van der Waals surface area contributed by atoms with E-state index in [-0.39, 0.29) is 0 Å². The molecule has 0 aliphatic heterocycles. The van der Waals surface area contributed by atoms with E-state index in [1.165, 1.54) is 6.07 Å². The third kappa shape index (κ3) is 3.73. The molecule has 1 N–H and O–H groups in total. The highest BCUT2D eigenvalue weighted by Gasteiger charge is 2.22. The van der Waals surface area contributed by atoms with Crippen LogP contribution in [0.4, 0.5) is 5.69 Å². The first-order valence-corrected chi connectivity index (χ1v) is 7.14. The number of halogens is 2. The van der Waals surface area contributed by atoms with Crippen molar-refractivity contribution in [2.24, 2.45) is 0 Å². The Bertz CT molecular complexity index is 750. The van der Waals surface area contributed by atoms with Gasteiger partial charge >= 0.3 is 0 Å². The van der Waals surface area contributed by atoms with Crippen LogP contribution in [0.2, 0.25) is 10.0 Å². The Morgan fingerprint density at radius 3 is 2.55 bits per heavy atom. The summed E-state index contributed by atoms with van der Waals surface area (Å²) in [4.78, 5) is 20.6. The molecule has 1 atom stereocenters. The van der Waals surface area contributed by atoms with E-state index in [0.29, 0.717) is 32.9 Å². The maximum Gasteiger partial charge on any atom is 0.247 e. The second-order valence-electron chi connectivity index (χ2n) is 4.66. The van der Waals surface area contributed by atoms with E-state index in [1.54, 1.807) is 32.0 Å². The molecule has 0 saturated heterocycles. The van der Waals surface area contributed by atoms with E-state index in [2.05, 4.69) is 15.3 Å². The van der Waals surface area contributed by atoms with E-state index in [9.17, 15) is 10.1 Å². The first-order valence-electron chi connectivity index (χ1n) is 6.38. The van der Waals surface area contributed by atoms with Crippen LogP contribution >= 0.6 is 23.2 Å². The van der Waals surface area contributed by atoms with Crippen molar-refractivity contribution in [3.05, 3.63) is 51.5 Å².